The van der Waals surface area contributed by atoms with Crippen LogP contribution < -0.4 is 15.5 Å². The average molecular weight is 370 g/mol. The van der Waals surface area contributed by atoms with E-state index in [0.29, 0.717) is 0 Å². The van der Waals surface area contributed by atoms with Gasteiger partial charge in [0, 0.05) is 37.6 Å². The van der Waals surface area contributed by atoms with Gasteiger partial charge in [-0.05, 0) is 49.9 Å². The van der Waals surface area contributed by atoms with Crippen molar-refractivity contribution in [1.29, 1.82) is 0 Å². The number of benzene rings is 2. The molecule has 6 heteroatoms. The molecule has 0 aliphatic carbocycles. The van der Waals surface area contributed by atoms with Crippen molar-refractivity contribution in [2.24, 2.45) is 0 Å². The molecule has 1 amide bonds. The van der Waals surface area contributed by atoms with Gasteiger partial charge in [-0.3, -0.25) is 4.79 Å². The molecular weight excluding hydrogens is 343 g/mol. The molecule has 144 valence electrons. The van der Waals surface area contributed by atoms with Crippen LogP contribution in [0.1, 0.15) is 13.8 Å². The van der Waals surface area contributed by atoms with Crippen LogP contribution in [0.25, 0.3) is 0 Å². The van der Waals surface area contributed by atoms with Crippen molar-refractivity contribution in [3.8, 4) is 0 Å². The molecule has 0 aromatic heterocycles. The van der Waals surface area contributed by atoms with Crippen molar-refractivity contribution in [3.05, 3.63) is 54.3 Å². The van der Waals surface area contributed by atoms with Crippen LogP contribution in [0.5, 0.6) is 0 Å². The summed E-state index contributed by atoms with van der Waals surface area (Å²) in [5.41, 5.74) is 2.25. The number of carbonyl (C=O) groups is 1. The number of anilines is 3. The quantitative estimate of drug-likeness (QED) is 0.818. The first-order chi connectivity index (χ1) is 13.1. The van der Waals surface area contributed by atoms with Crippen molar-refractivity contribution < 1.29 is 9.18 Å². The summed E-state index contributed by atoms with van der Waals surface area (Å²) < 4.78 is 13.7. The number of amides is 1. The van der Waals surface area contributed by atoms with Gasteiger partial charge in [-0.2, -0.15) is 0 Å². The second kappa shape index (κ2) is 8.86. The van der Waals surface area contributed by atoms with Gasteiger partial charge in [0.1, 0.15) is 11.9 Å². The normalized spacial score (nSPS) is 16.0. The molecule has 1 saturated heterocycles. The molecule has 1 fully saturated rings. The topological polar surface area (TPSA) is 47.6 Å². The highest BCUT2D eigenvalue weighted by Crippen LogP contribution is 2.20. The summed E-state index contributed by atoms with van der Waals surface area (Å²) >= 11 is 0. The maximum absolute atomic E-state index is 13.7. The monoisotopic (exact) mass is 370 g/mol. The fourth-order valence-corrected chi connectivity index (χ4v) is 3.21. The minimum atomic E-state index is -0.483. The number of halogens is 1. The zero-order valence-corrected chi connectivity index (χ0v) is 15.9. The van der Waals surface area contributed by atoms with Crippen LogP contribution in [0, 0.1) is 5.82 Å². The number of hydrogen-bond acceptors (Lipinski definition) is 4. The summed E-state index contributed by atoms with van der Waals surface area (Å²) in [6.45, 7) is 9.29. The van der Waals surface area contributed by atoms with Gasteiger partial charge in [-0.15, -0.1) is 0 Å². The van der Waals surface area contributed by atoms with E-state index < -0.39 is 11.9 Å². The summed E-state index contributed by atoms with van der Waals surface area (Å²) in [7, 11) is 0. The van der Waals surface area contributed by atoms with E-state index >= 15 is 0 Å². The van der Waals surface area contributed by atoms with Gasteiger partial charge in [0.25, 0.3) is 0 Å². The number of rotatable bonds is 6. The van der Waals surface area contributed by atoms with Crippen LogP contribution in [0.15, 0.2) is 48.5 Å². The third kappa shape index (κ3) is 4.98. The van der Waals surface area contributed by atoms with Gasteiger partial charge in [-0.1, -0.05) is 19.1 Å². The number of nitrogens with zero attached hydrogens (tertiary/aromatic N) is 2. The second-order valence-electron chi connectivity index (χ2n) is 6.80. The molecule has 1 atom stereocenters. The fraction of sp³-hybridized carbons (Fsp3) is 0.381. The first kappa shape index (κ1) is 19.2. The summed E-state index contributed by atoms with van der Waals surface area (Å²) in [6, 6.07) is 13.8. The smallest absolute Gasteiger partial charge is 0.246 e. The molecular formula is C21H27FN4O. The number of piperazine rings is 1. The second-order valence-corrected chi connectivity index (χ2v) is 6.80. The van der Waals surface area contributed by atoms with Crippen LogP contribution in [-0.4, -0.2) is 49.6 Å². The van der Waals surface area contributed by atoms with E-state index in [2.05, 4.69) is 39.5 Å². The highest BCUT2D eigenvalue weighted by molar-refractivity contribution is 5.96. The Hall–Kier alpha value is -2.60. The molecule has 0 saturated carbocycles. The largest absolute Gasteiger partial charge is 0.374 e. The minimum Gasteiger partial charge on any atom is -0.374 e. The van der Waals surface area contributed by atoms with Crippen LogP contribution >= 0.6 is 0 Å². The van der Waals surface area contributed by atoms with Crippen molar-refractivity contribution in [3.63, 3.8) is 0 Å². The van der Waals surface area contributed by atoms with Crippen LogP contribution in [0.4, 0.5) is 21.5 Å². The van der Waals surface area contributed by atoms with Crippen LogP contribution in [0.2, 0.25) is 0 Å². The lowest BCUT2D eigenvalue weighted by Gasteiger charge is -2.35. The predicted molar refractivity (Wildman–Crippen MR) is 109 cm³/mol. The molecule has 1 aliphatic heterocycles. The maximum atomic E-state index is 13.7. The molecule has 3 rings (SSSR count). The van der Waals surface area contributed by atoms with Gasteiger partial charge in [0.15, 0.2) is 0 Å². The van der Waals surface area contributed by atoms with E-state index in [-0.39, 0.29) is 11.6 Å². The highest BCUT2D eigenvalue weighted by atomic mass is 19.1. The lowest BCUT2D eigenvalue weighted by Crippen LogP contribution is -2.46. The zero-order valence-electron chi connectivity index (χ0n) is 15.9. The molecule has 2 aromatic rings. The van der Waals surface area contributed by atoms with Gasteiger partial charge < -0.3 is 20.4 Å². The number of para-hydroxylation sites is 1. The Morgan fingerprint density at radius 1 is 1.07 bits per heavy atom. The van der Waals surface area contributed by atoms with Gasteiger partial charge >= 0.3 is 0 Å². The van der Waals surface area contributed by atoms with Crippen molar-refractivity contribution in [2.45, 2.75) is 19.9 Å². The van der Waals surface area contributed by atoms with E-state index in [1.54, 1.807) is 25.1 Å². The molecule has 27 heavy (non-hydrogen) atoms. The minimum absolute atomic E-state index is 0.192. The lowest BCUT2D eigenvalue weighted by atomic mass is 10.2. The Kier molecular flexibility index (Phi) is 6.29. The number of nitrogens with one attached hydrogen (secondary N) is 2. The molecule has 1 aliphatic rings. The third-order valence-corrected chi connectivity index (χ3v) is 4.96. The Labute approximate surface area is 160 Å². The Morgan fingerprint density at radius 3 is 2.37 bits per heavy atom. The van der Waals surface area contributed by atoms with Gasteiger partial charge in [0.05, 0.1) is 5.69 Å². The van der Waals surface area contributed by atoms with E-state index in [0.717, 1.165) is 38.4 Å². The lowest BCUT2D eigenvalue weighted by molar-refractivity contribution is -0.116. The molecule has 0 radical (unpaired) electrons. The van der Waals surface area contributed by atoms with E-state index in [1.165, 1.54) is 11.8 Å². The molecule has 0 unspecified atom stereocenters. The number of carbonyl (C=O) groups excluding carboxylic acids is 1. The maximum Gasteiger partial charge on any atom is 0.246 e. The van der Waals surface area contributed by atoms with Crippen LogP contribution in [-0.2, 0) is 4.79 Å². The SMILES string of the molecule is CCN1CCN(c2ccc(N[C@H](C)C(=O)Nc3ccccc3F)cc2)CC1. The highest BCUT2D eigenvalue weighted by Gasteiger charge is 2.17. The molecule has 2 aromatic carbocycles. The van der Waals surface area contributed by atoms with Gasteiger partial charge in [0.2, 0.25) is 5.91 Å². The number of likely N-dealkylation sites (N-methyl/N-ethyl adjacent to an activating group) is 1. The summed E-state index contributed by atoms with van der Waals surface area (Å²) in [6.07, 6.45) is 0. The van der Waals surface area contributed by atoms with E-state index in [9.17, 15) is 9.18 Å². The van der Waals surface area contributed by atoms with E-state index in [4.69, 9.17) is 0 Å². The number of hydrogen-bond donors (Lipinski definition) is 2. The first-order valence-corrected chi connectivity index (χ1v) is 9.46. The average Bonchev–Trinajstić information content (AvgIpc) is 2.70. The third-order valence-electron chi connectivity index (χ3n) is 4.96. The van der Waals surface area contributed by atoms with Crippen molar-refractivity contribution in [1.82, 2.24) is 4.90 Å². The standard InChI is InChI=1S/C21H27FN4O/c1-3-25-12-14-26(15-13-25)18-10-8-17(9-11-18)23-16(2)21(27)24-20-7-5-4-6-19(20)22/h4-11,16,23H,3,12-15H2,1-2H3,(H,24,27)/t16-/m1/s1. The Morgan fingerprint density at radius 2 is 1.74 bits per heavy atom. The molecule has 0 bridgehead atoms. The molecule has 2 N–H and O–H groups in total. The Bertz CT molecular complexity index is 757. The molecule has 0 spiro atoms. The molecule has 5 nitrogen and oxygen atoms in total. The molecule has 1 heterocycles. The zero-order chi connectivity index (χ0) is 19.2. The van der Waals surface area contributed by atoms with Crippen LogP contribution in [0.3, 0.4) is 0 Å². The fourth-order valence-electron chi connectivity index (χ4n) is 3.21. The van der Waals surface area contributed by atoms with Crippen molar-refractivity contribution in [2.75, 3.05) is 48.3 Å². The predicted octanol–water partition coefficient (Wildman–Crippen LogP) is 3.41. The van der Waals surface area contributed by atoms with Crippen molar-refractivity contribution >= 4 is 23.0 Å². The summed E-state index contributed by atoms with van der Waals surface area (Å²) in [4.78, 5) is 17.1. The van der Waals surface area contributed by atoms with E-state index in [1.807, 2.05) is 12.1 Å². The Balaban J connectivity index is 1.54. The first-order valence-electron chi connectivity index (χ1n) is 9.46. The summed E-state index contributed by atoms with van der Waals surface area (Å²) in [5.74, 6) is -0.717. The van der Waals surface area contributed by atoms with Gasteiger partial charge in [-0.25, -0.2) is 4.39 Å². The summed E-state index contributed by atoms with van der Waals surface area (Å²) in [5, 5.41) is 5.78.